The summed E-state index contributed by atoms with van der Waals surface area (Å²) in [6.07, 6.45) is 6.12. The summed E-state index contributed by atoms with van der Waals surface area (Å²) in [5, 5.41) is 2.83. The van der Waals surface area contributed by atoms with Crippen LogP contribution in [0.15, 0.2) is 36.9 Å². The molecule has 26 heavy (non-hydrogen) atoms. The molecule has 3 rings (SSSR count). The van der Waals surface area contributed by atoms with Gasteiger partial charge < -0.3 is 15.0 Å². The van der Waals surface area contributed by atoms with Crippen molar-refractivity contribution in [3.63, 3.8) is 0 Å². The number of amides is 2. The van der Waals surface area contributed by atoms with Gasteiger partial charge in [0.1, 0.15) is 5.75 Å². The molecule has 0 unspecified atom stereocenters. The average molecular weight is 356 g/mol. The van der Waals surface area contributed by atoms with Crippen molar-refractivity contribution in [1.29, 1.82) is 0 Å². The molecule has 0 atom stereocenters. The lowest BCUT2D eigenvalue weighted by Crippen LogP contribution is -2.44. The maximum absolute atomic E-state index is 13.1. The molecular weight excluding hydrogens is 328 g/mol. The molecule has 0 bridgehead atoms. The highest BCUT2D eigenvalue weighted by atomic mass is 16.5. The molecule has 1 heterocycles. The quantitative estimate of drug-likeness (QED) is 0.764. The number of nitrogens with one attached hydrogen (secondary N) is 1. The number of hydrogen-bond acceptors (Lipinski definition) is 3. The van der Waals surface area contributed by atoms with Crippen LogP contribution in [0.1, 0.15) is 37.7 Å². The zero-order valence-electron chi connectivity index (χ0n) is 15.5. The number of piperidine rings is 1. The third kappa shape index (κ3) is 3.92. The molecule has 5 heteroatoms. The number of carbonyl (C=O) groups is 2. The molecule has 140 valence electrons. The standard InChI is InChI=1S/C21H28N2O3/c1-3-19(24)22-12-7-16-8-13-23(14-9-16)20(25)21(10-11-21)17-5-4-6-18(15-17)26-2/h3-6,15-16H,1,7-14H2,2H3,(H,22,24). The van der Waals surface area contributed by atoms with Crippen molar-refractivity contribution in [2.45, 2.75) is 37.5 Å². The Balaban J connectivity index is 1.53. The third-order valence-electron chi connectivity index (χ3n) is 5.72. The lowest BCUT2D eigenvalue weighted by molar-refractivity contribution is -0.135. The molecule has 1 aliphatic carbocycles. The Morgan fingerprint density at radius 1 is 1.35 bits per heavy atom. The van der Waals surface area contributed by atoms with E-state index in [1.165, 1.54) is 6.08 Å². The zero-order valence-corrected chi connectivity index (χ0v) is 15.5. The van der Waals surface area contributed by atoms with Gasteiger partial charge in [0.2, 0.25) is 11.8 Å². The first-order valence-electron chi connectivity index (χ1n) is 9.43. The fourth-order valence-corrected chi connectivity index (χ4v) is 3.87. The van der Waals surface area contributed by atoms with Crippen LogP contribution in [0.5, 0.6) is 5.75 Å². The van der Waals surface area contributed by atoms with Crippen molar-refractivity contribution in [1.82, 2.24) is 10.2 Å². The fraction of sp³-hybridized carbons (Fsp3) is 0.524. The molecule has 1 aromatic rings. The van der Waals surface area contributed by atoms with E-state index in [0.717, 1.165) is 56.5 Å². The fourth-order valence-electron chi connectivity index (χ4n) is 3.87. The molecule has 1 aromatic carbocycles. The van der Waals surface area contributed by atoms with Gasteiger partial charge in [-0.3, -0.25) is 9.59 Å². The second-order valence-corrected chi connectivity index (χ2v) is 7.33. The van der Waals surface area contributed by atoms with E-state index in [4.69, 9.17) is 4.74 Å². The van der Waals surface area contributed by atoms with Crippen LogP contribution in [0.25, 0.3) is 0 Å². The van der Waals surface area contributed by atoms with Crippen LogP contribution < -0.4 is 10.1 Å². The summed E-state index contributed by atoms with van der Waals surface area (Å²) < 4.78 is 5.32. The predicted octanol–water partition coefficient (Wildman–Crippen LogP) is 2.66. The zero-order chi connectivity index (χ0) is 18.6. The molecule has 1 aliphatic heterocycles. The van der Waals surface area contributed by atoms with Crippen molar-refractivity contribution >= 4 is 11.8 Å². The summed E-state index contributed by atoms with van der Waals surface area (Å²) >= 11 is 0. The Bertz CT molecular complexity index is 674. The van der Waals surface area contributed by atoms with Crippen LogP contribution in [0.3, 0.4) is 0 Å². The van der Waals surface area contributed by atoms with Crippen molar-refractivity contribution < 1.29 is 14.3 Å². The van der Waals surface area contributed by atoms with Crippen molar-refractivity contribution in [3.05, 3.63) is 42.5 Å². The lowest BCUT2D eigenvalue weighted by Gasteiger charge is -2.34. The Hall–Kier alpha value is -2.30. The molecule has 0 radical (unpaired) electrons. The molecule has 2 fully saturated rings. The minimum atomic E-state index is -0.334. The van der Waals surface area contributed by atoms with Crippen LogP contribution in [0.2, 0.25) is 0 Å². The number of likely N-dealkylation sites (tertiary alicyclic amines) is 1. The molecule has 0 aromatic heterocycles. The highest BCUT2D eigenvalue weighted by molar-refractivity contribution is 5.91. The Morgan fingerprint density at radius 3 is 2.69 bits per heavy atom. The van der Waals surface area contributed by atoms with E-state index in [9.17, 15) is 9.59 Å². The van der Waals surface area contributed by atoms with Gasteiger partial charge in [0.05, 0.1) is 12.5 Å². The maximum atomic E-state index is 13.1. The lowest BCUT2D eigenvalue weighted by atomic mass is 9.90. The van der Waals surface area contributed by atoms with E-state index in [1.807, 2.05) is 29.2 Å². The second-order valence-electron chi connectivity index (χ2n) is 7.33. The van der Waals surface area contributed by atoms with Gasteiger partial charge in [-0.05, 0) is 61.8 Å². The first-order valence-corrected chi connectivity index (χ1v) is 9.43. The van der Waals surface area contributed by atoms with Gasteiger partial charge in [-0.15, -0.1) is 0 Å². The van der Waals surface area contributed by atoms with Gasteiger partial charge in [-0.1, -0.05) is 18.7 Å². The van der Waals surface area contributed by atoms with E-state index in [2.05, 4.69) is 11.9 Å². The Morgan fingerprint density at radius 2 is 2.08 bits per heavy atom. The number of nitrogens with zero attached hydrogens (tertiary/aromatic N) is 1. The van der Waals surface area contributed by atoms with Crippen LogP contribution in [0, 0.1) is 5.92 Å². The number of ether oxygens (including phenoxy) is 1. The summed E-state index contributed by atoms with van der Waals surface area (Å²) in [6, 6.07) is 7.92. The molecule has 1 saturated carbocycles. The topological polar surface area (TPSA) is 58.6 Å². The molecule has 0 spiro atoms. The number of methoxy groups -OCH3 is 1. The SMILES string of the molecule is C=CC(=O)NCCC1CCN(C(=O)C2(c3cccc(OC)c3)CC2)CC1. The van der Waals surface area contributed by atoms with E-state index < -0.39 is 0 Å². The minimum absolute atomic E-state index is 0.119. The smallest absolute Gasteiger partial charge is 0.243 e. The first kappa shape index (κ1) is 18.5. The highest BCUT2D eigenvalue weighted by Crippen LogP contribution is 2.50. The number of carbonyl (C=O) groups excluding carboxylic acids is 2. The van der Waals surface area contributed by atoms with Gasteiger partial charge in [-0.2, -0.15) is 0 Å². The average Bonchev–Trinajstić information content (AvgIpc) is 3.50. The van der Waals surface area contributed by atoms with E-state index >= 15 is 0 Å². The van der Waals surface area contributed by atoms with E-state index in [1.54, 1.807) is 7.11 Å². The van der Waals surface area contributed by atoms with Gasteiger partial charge in [0.25, 0.3) is 0 Å². The number of rotatable bonds is 7. The van der Waals surface area contributed by atoms with Crippen LogP contribution >= 0.6 is 0 Å². The normalized spacial score (nSPS) is 18.9. The summed E-state index contributed by atoms with van der Waals surface area (Å²) in [4.78, 5) is 26.4. The monoisotopic (exact) mass is 356 g/mol. The predicted molar refractivity (Wildman–Crippen MR) is 101 cm³/mol. The Labute approximate surface area is 155 Å². The van der Waals surface area contributed by atoms with Gasteiger partial charge >= 0.3 is 0 Å². The second kappa shape index (κ2) is 7.94. The van der Waals surface area contributed by atoms with Crippen LogP contribution in [-0.2, 0) is 15.0 Å². The van der Waals surface area contributed by atoms with Gasteiger partial charge in [-0.25, -0.2) is 0 Å². The molecule has 1 N–H and O–H groups in total. The van der Waals surface area contributed by atoms with E-state index in [0.29, 0.717) is 12.5 Å². The Kier molecular flexibility index (Phi) is 5.64. The molecule has 2 amide bonds. The van der Waals surface area contributed by atoms with E-state index in [-0.39, 0.29) is 17.2 Å². The largest absolute Gasteiger partial charge is 0.497 e. The highest BCUT2D eigenvalue weighted by Gasteiger charge is 2.53. The van der Waals surface area contributed by atoms with Crippen LogP contribution in [-0.4, -0.2) is 43.5 Å². The molecule has 5 nitrogen and oxygen atoms in total. The number of benzene rings is 1. The van der Waals surface area contributed by atoms with Crippen molar-refractivity contribution in [3.8, 4) is 5.75 Å². The van der Waals surface area contributed by atoms with Gasteiger partial charge in [0.15, 0.2) is 0 Å². The number of hydrogen-bond donors (Lipinski definition) is 1. The summed E-state index contributed by atoms with van der Waals surface area (Å²) in [6.45, 7) is 5.75. The maximum Gasteiger partial charge on any atom is 0.243 e. The molecular formula is C21H28N2O3. The summed E-state index contributed by atoms with van der Waals surface area (Å²) in [5.41, 5.74) is 0.746. The summed E-state index contributed by atoms with van der Waals surface area (Å²) in [5.74, 6) is 1.52. The van der Waals surface area contributed by atoms with Crippen molar-refractivity contribution in [2.24, 2.45) is 5.92 Å². The third-order valence-corrected chi connectivity index (χ3v) is 5.72. The minimum Gasteiger partial charge on any atom is -0.497 e. The molecule has 2 aliphatic rings. The van der Waals surface area contributed by atoms with Crippen LogP contribution in [0.4, 0.5) is 0 Å². The van der Waals surface area contributed by atoms with Gasteiger partial charge in [0, 0.05) is 19.6 Å². The molecule has 1 saturated heterocycles. The summed E-state index contributed by atoms with van der Waals surface area (Å²) in [7, 11) is 1.66. The first-order chi connectivity index (χ1) is 12.6. The van der Waals surface area contributed by atoms with Crippen molar-refractivity contribution in [2.75, 3.05) is 26.7 Å².